The molecule has 6 heteroatoms. The molecule has 3 aromatic rings. The van der Waals surface area contributed by atoms with Crippen molar-refractivity contribution in [3.05, 3.63) is 60.0 Å². The van der Waals surface area contributed by atoms with Crippen LogP contribution in [0.3, 0.4) is 0 Å². The molecule has 0 aliphatic heterocycles. The van der Waals surface area contributed by atoms with Crippen LogP contribution in [0.5, 0.6) is 5.75 Å². The molecular formula is C19H23N5O. The molecule has 6 nitrogen and oxygen atoms in total. The standard InChI is InChI=1S/C19H23N5O/c1-13(2)25-17-6-4-15(5-7-17)23-19(20)21-11-16-12-24-9-8-14(3)10-18(24)22-16/h4-10,12-13H,11H2,1-3H3,(H3,20,21,23). The first-order chi connectivity index (χ1) is 12.0. The number of nitrogens with zero attached hydrogens (tertiary/aromatic N) is 3. The second kappa shape index (κ2) is 7.25. The number of guanidine groups is 1. The normalized spacial score (nSPS) is 11.9. The zero-order valence-electron chi connectivity index (χ0n) is 14.7. The molecule has 130 valence electrons. The summed E-state index contributed by atoms with van der Waals surface area (Å²) in [6, 6.07) is 11.7. The molecule has 0 amide bonds. The molecule has 0 aliphatic rings. The fourth-order valence-corrected chi connectivity index (χ4v) is 2.46. The molecule has 2 aromatic heterocycles. The van der Waals surface area contributed by atoms with Crippen LogP contribution in [-0.4, -0.2) is 21.4 Å². The summed E-state index contributed by atoms with van der Waals surface area (Å²) in [6.45, 7) is 6.47. The van der Waals surface area contributed by atoms with Gasteiger partial charge in [0.25, 0.3) is 0 Å². The van der Waals surface area contributed by atoms with Gasteiger partial charge in [-0.2, -0.15) is 0 Å². The minimum Gasteiger partial charge on any atom is -0.491 e. The number of nitrogens with one attached hydrogen (secondary N) is 1. The van der Waals surface area contributed by atoms with E-state index < -0.39 is 0 Å². The summed E-state index contributed by atoms with van der Waals surface area (Å²) in [5, 5.41) is 3.07. The summed E-state index contributed by atoms with van der Waals surface area (Å²) in [4.78, 5) is 8.90. The monoisotopic (exact) mass is 337 g/mol. The minimum absolute atomic E-state index is 0.152. The van der Waals surface area contributed by atoms with Crippen molar-refractivity contribution in [1.29, 1.82) is 0 Å². The van der Waals surface area contributed by atoms with E-state index >= 15 is 0 Å². The molecule has 0 aliphatic carbocycles. The van der Waals surface area contributed by atoms with E-state index in [4.69, 9.17) is 10.5 Å². The van der Waals surface area contributed by atoms with E-state index in [9.17, 15) is 0 Å². The van der Waals surface area contributed by atoms with Gasteiger partial charge in [0, 0.05) is 18.1 Å². The maximum absolute atomic E-state index is 5.96. The lowest BCUT2D eigenvalue weighted by Gasteiger charge is -2.10. The number of nitrogens with two attached hydrogens (primary N) is 1. The highest BCUT2D eigenvalue weighted by atomic mass is 16.5. The van der Waals surface area contributed by atoms with Gasteiger partial charge >= 0.3 is 0 Å². The van der Waals surface area contributed by atoms with Crippen molar-refractivity contribution < 1.29 is 4.74 Å². The molecular weight excluding hydrogens is 314 g/mol. The third kappa shape index (κ3) is 4.50. The summed E-state index contributed by atoms with van der Waals surface area (Å²) < 4.78 is 7.60. The van der Waals surface area contributed by atoms with Gasteiger partial charge in [-0.05, 0) is 62.7 Å². The Hall–Kier alpha value is -3.02. The maximum Gasteiger partial charge on any atom is 0.193 e. The van der Waals surface area contributed by atoms with Gasteiger partial charge in [0.05, 0.1) is 18.3 Å². The number of benzene rings is 1. The van der Waals surface area contributed by atoms with Crippen LogP contribution in [0.1, 0.15) is 25.1 Å². The SMILES string of the molecule is Cc1ccn2cc(CN=C(N)Nc3ccc(OC(C)C)cc3)nc2c1. The van der Waals surface area contributed by atoms with E-state index in [-0.39, 0.29) is 6.10 Å². The third-order valence-electron chi connectivity index (χ3n) is 3.58. The summed E-state index contributed by atoms with van der Waals surface area (Å²) in [5.41, 5.74) is 9.79. The lowest BCUT2D eigenvalue weighted by molar-refractivity contribution is 0.242. The molecule has 0 saturated heterocycles. The number of fused-ring (bicyclic) bond motifs is 1. The molecule has 1 aromatic carbocycles. The van der Waals surface area contributed by atoms with Crippen LogP contribution in [0.4, 0.5) is 5.69 Å². The van der Waals surface area contributed by atoms with Gasteiger partial charge in [-0.1, -0.05) is 0 Å². The lowest BCUT2D eigenvalue weighted by atomic mass is 10.3. The second-order valence-corrected chi connectivity index (χ2v) is 6.22. The van der Waals surface area contributed by atoms with Crippen LogP contribution < -0.4 is 15.8 Å². The fraction of sp³-hybridized carbons (Fsp3) is 0.263. The second-order valence-electron chi connectivity index (χ2n) is 6.22. The molecule has 0 bridgehead atoms. The molecule has 3 N–H and O–H groups in total. The van der Waals surface area contributed by atoms with Gasteiger partial charge in [0.2, 0.25) is 0 Å². The summed E-state index contributed by atoms with van der Waals surface area (Å²) in [6.07, 6.45) is 4.11. The van der Waals surface area contributed by atoms with Crippen molar-refractivity contribution in [2.75, 3.05) is 5.32 Å². The number of rotatable bonds is 5. The number of anilines is 1. The summed E-state index contributed by atoms with van der Waals surface area (Å²) >= 11 is 0. The molecule has 0 fully saturated rings. The zero-order chi connectivity index (χ0) is 17.8. The van der Waals surface area contributed by atoms with Crippen molar-refractivity contribution >= 4 is 17.3 Å². The number of hydrogen-bond acceptors (Lipinski definition) is 3. The Balaban J connectivity index is 1.62. The van der Waals surface area contributed by atoms with Gasteiger partial charge in [0.15, 0.2) is 5.96 Å². The smallest absolute Gasteiger partial charge is 0.193 e. The van der Waals surface area contributed by atoms with E-state index in [0.717, 1.165) is 22.8 Å². The highest BCUT2D eigenvalue weighted by Crippen LogP contribution is 2.16. The Kier molecular flexibility index (Phi) is 4.88. The predicted octanol–water partition coefficient (Wildman–Crippen LogP) is 3.36. The maximum atomic E-state index is 5.96. The third-order valence-corrected chi connectivity index (χ3v) is 3.58. The largest absolute Gasteiger partial charge is 0.491 e. The molecule has 3 rings (SSSR count). The Morgan fingerprint density at radius 3 is 2.76 bits per heavy atom. The average Bonchev–Trinajstić information content (AvgIpc) is 2.96. The number of imidazole rings is 1. The first kappa shape index (κ1) is 16.8. The molecule has 0 unspecified atom stereocenters. The summed E-state index contributed by atoms with van der Waals surface area (Å²) in [5.74, 6) is 1.18. The van der Waals surface area contributed by atoms with E-state index in [0.29, 0.717) is 12.5 Å². The van der Waals surface area contributed by atoms with Gasteiger partial charge < -0.3 is 20.2 Å². The van der Waals surface area contributed by atoms with Crippen molar-refractivity contribution in [1.82, 2.24) is 9.38 Å². The Morgan fingerprint density at radius 2 is 2.04 bits per heavy atom. The Morgan fingerprint density at radius 1 is 1.28 bits per heavy atom. The number of hydrogen-bond donors (Lipinski definition) is 2. The van der Waals surface area contributed by atoms with Gasteiger partial charge in [0.1, 0.15) is 11.4 Å². The highest BCUT2D eigenvalue weighted by Gasteiger charge is 2.02. The van der Waals surface area contributed by atoms with Crippen molar-refractivity contribution in [2.45, 2.75) is 33.4 Å². The van der Waals surface area contributed by atoms with E-state index in [1.807, 2.05) is 74.0 Å². The molecule has 2 heterocycles. The number of aryl methyl sites for hydroxylation is 1. The molecule has 0 radical (unpaired) electrons. The molecule has 25 heavy (non-hydrogen) atoms. The minimum atomic E-state index is 0.152. The Bertz CT molecular complexity index is 880. The first-order valence-electron chi connectivity index (χ1n) is 8.27. The zero-order valence-corrected chi connectivity index (χ0v) is 14.7. The fourth-order valence-electron chi connectivity index (χ4n) is 2.46. The van der Waals surface area contributed by atoms with Crippen molar-refractivity contribution in [2.24, 2.45) is 10.7 Å². The number of aromatic nitrogens is 2. The predicted molar refractivity (Wildman–Crippen MR) is 101 cm³/mol. The Labute approximate surface area is 147 Å². The highest BCUT2D eigenvalue weighted by molar-refractivity contribution is 5.92. The van der Waals surface area contributed by atoms with E-state index in [1.54, 1.807) is 0 Å². The number of pyridine rings is 1. The van der Waals surface area contributed by atoms with Gasteiger partial charge in [-0.3, -0.25) is 0 Å². The van der Waals surface area contributed by atoms with Crippen molar-refractivity contribution in [3.8, 4) is 5.75 Å². The number of aliphatic imine (C=N–C) groups is 1. The van der Waals surface area contributed by atoms with Crippen LogP contribution in [0, 0.1) is 6.92 Å². The van der Waals surface area contributed by atoms with Crippen LogP contribution in [0.25, 0.3) is 5.65 Å². The number of ether oxygens (including phenoxy) is 1. The van der Waals surface area contributed by atoms with E-state index in [2.05, 4.69) is 15.3 Å². The first-order valence-corrected chi connectivity index (χ1v) is 8.27. The molecule has 0 atom stereocenters. The summed E-state index contributed by atoms with van der Waals surface area (Å²) in [7, 11) is 0. The lowest BCUT2D eigenvalue weighted by Crippen LogP contribution is -2.22. The quantitative estimate of drug-likeness (QED) is 0.553. The van der Waals surface area contributed by atoms with E-state index in [1.165, 1.54) is 5.56 Å². The van der Waals surface area contributed by atoms with Crippen LogP contribution >= 0.6 is 0 Å². The average molecular weight is 337 g/mol. The van der Waals surface area contributed by atoms with Crippen molar-refractivity contribution in [3.63, 3.8) is 0 Å². The molecule has 0 saturated carbocycles. The molecule has 0 spiro atoms. The van der Waals surface area contributed by atoms with Gasteiger partial charge in [-0.15, -0.1) is 0 Å². The van der Waals surface area contributed by atoms with Crippen LogP contribution in [-0.2, 0) is 6.54 Å². The van der Waals surface area contributed by atoms with Crippen LogP contribution in [0.15, 0.2) is 53.8 Å². The van der Waals surface area contributed by atoms with Gasteiger partial charge in [-0.25, -0.2) is 9.98 Å². The van der Waals surface area contributed by atoms with Crippen LogP contribution in [0.2, 0.25) is 0 Å². The topological polar surface area (TPSA) is 76.9 Å².